The maximum absolute atomic E-state index is 4.37. The quantitative estimate of drug-likeness (QED) is 0.653. The van der Waals surface area contributed by atoms with Crippen molar-refractivity contribution in [2.75, 3.05) is 13.1 Å². The molecule has 19 heavy (non-hydrogen) atoms. The van der Waals surface area contributed by atoms with Crippen molar-refractivity contribution >= 4 is 0 Å². The molecule has 1 saturated heterocycles. The summed E-state index contributed by atoms with van der Waals surface area (Å²) in [5.74, 6) is 2.75. The maximum Gasteiger partial charge on any atom is 0.0209 e. The van der Waals surface area contributed by atoms with Crippen molar-refractivity contribution in [3.8, 4) is 0 Å². The van der Waals surface area contributed by atoms with Crippen molar-refractivity contribution in [2.24, 2.45) is 23.2 Å². The first-order valence-corrected chi connectivity index (χ1v) is 7.90. The lowest BCUT2D eigenvalue weighted by atomic mass is 9.75. The van der Waals surface area contributed by atoms with Crippen molar-refractivity contribution in [2.45, 2.75) is 53.4 Å². The number of hydrogen-bond donors (Lipinski definition) is 0. The monoisotopic (exact) mass is 261 g/mol. The second kappa shape index (κ2) is 5.34. The first-order valence-electron chi connectivity index (χ1n) is 7.90. The molecule has 2 aliphatic rings. The lowest BCUT2D eigenvalue weighted by Crippen LogP contribution is -2.26. The number of allylic oxidation sites excluding steroid dienone is 2. The molecule has 1 aliphatic heterocycles. The molecular formula is C18H31N. The Kier molecular flexibility index (Phi) is 4.13. The van der Waals surface area contributed by atoms with Crippen LogP contribution >= 0.6 is 0 Å². The zero-order chi connectivity index (χ0) is 14.2. The molecule has 0 amide bonds. The Hall–Kier alpha value is -0.720. The molecule has 0 N–H and O–H groups in total. The van der Waals surface area contributed by atoms with Gasteiger partial charge in [0.2, 0.25) is 0 Å². The molecule has 1 heterocycles. The van der Waals surface area contributed by atoms with E-state index in [0.717, 1.165) is 24.2 Å². The highest BCUT2D eigenvalue weighted by Crippen LogP contribution is 2.42. The fourth-order valence-electron chi connectivity index (χ4n) is 3.79. The maximum atomic E-state index is 4.37. The molecule has 0 aromatic heterocycles. The molecule has 2 fully saturated rings. The van der Waals surface area contributed by atoms with Gasteiger partial charge >= 0.3 is 0 Å². The molecule has 2 unspecified atom stereocenters. The van der Waals surface area contributed by atoms with Gasteiger partial charge in [0, 0.05) is 18.8 Å². The molecule has 0 aromatic carbocycles. The van der Waals surface area contributed by atoms with Crippen molar-refractivity contribution in [1.82, 2.24) is 4.90 Å². The number of likely N-dealkylation sites (tertiary alicyclic amines) is 1. The Bertz CT molecular complexity index is 366. The van der Waals surface area contributed by atoms with Crippen LogP contribution in [-0.4, -0.2) is 18.0 Å². The molecule has 0 spiro atoms. The van der Waals surface area contributed by atoms with Crippen LogP contribution in [0.2, 0.25) is 0 Å². The van der Waals surface area contributed by atoms with Gasteiger partial charge in [0.1, 0.15) is 0 Å². The van der Waals surface area contributed by atoms with Crippen LogP contribution in [0.3, 0.4) is 0 Å². The van der Waals surface area contributed by atoms with E-state index in [9.17, 15) is 0 Å². The van der Waals surface area contributed by atoms with Crippen molar-refractivity contribution in [3.05, 3.63) is 24.4 Å². The highest BCUT2D eigenvalue weighted by molar-refractivity contribution is 5.12. The number of nitrogens with zero attached hydrogens (tertiary/aromatic N) is 1. The summed E-state index contributed by atoms with van der Waals surface area (Å²) < 4.78 is 0. The minimum absolute atomic E-state index is 0.177. The second-order valence-corrected chi connectivity index (χ2v) is 7.64. The van der Waals surface area contributed by atoms with E-state index in [1.807, 2.05) is 0 Å². The summed E-state index contributed by atoms with van der Waals surface area (Å²) in [6.45, 7) is 20.2. The molecule has 108 valence electrons. The second-order valence-electron chi connectivity index (χ2n) is 7.64. The first-order chi connectivity index (χ1) is 8.81. The Morgan fingerprint density at radius 2 is 1.89 bits per heavy atom. The standard InChI is InChI=1S/C18H31N/c1-13(2)18(5,6)10-15(4)19-11-16-9-7-8-14(3)17(16)12-19/h14,16-17H,1,4,7-12H2,2-3,5-6H3/t14-,16?,17?/m0/s1. The van der Waals surface area contributed by atoms with Gasteiger partial charge in [0.25, 0.3) is 0 Å². The highest BCUT2D eigenvalue weighted by atomic mass is 15.2. The van der Waals surface area contributed by atoms with Gasteiger partial charge in [-0.25, -0.2) is 0 Å². The van der Waals surface area contributed by atoms with Crippen LogP contribution < -0.4 is 0 Å². The van der Waals surface area contributed by atoms with Gasteiger partial charge in [0.15, 0.2) is 0 Å². The highest BCUT2D eigenvalue weighted by Gasteiger charge is 2.39. The molecular weight excluding hydrogens is 230 g/mol. The van der Waals surface area contributed by atoms with Crippen LogP contribution in [-0.2, 0) is 0 Å². The third-order valence-corrected chi connectivity index (χ3v) is 5.71. The van der Waals surface area contributed by atoms with Crippen LogP contribution in [0.25, 0.3) is 0 Å². The van der Waals surface area contributed by atoms with Gasteiger partial charge < -0.3 is 4.90 Å². The van der Waals surface area contributed by atoms with E-state index in [4.69, 9.17) is 0 Å². The van der Waals surface area contributed by atoms with E-state index < -0.39 is 0 Å². The molecule has 0 bridgehead atoms. The zero-order valence-corrected chi connectivity index (χ0v) is 13.3. The Labute approximate surface area is 119 Å². The fraction of sp³-hybridized carbons (Fsp3) is 0.778. The van der Waals surface area contributed by atoms with Gasteiger partial charge in [-0.05, 0) is 42.9 Å². The molecule has 3 atom stereocenters. The largest absolute Gasteiger partial charge is 0.375 e. The predicted molar refractivity (Wildman–Crippen MR) is 83.9 cm³/mol. The van der Waals surface area contributed by atoms with Gasteiger partial charge in [-0.3, -0.25) is 0 Å². The van der Waals surface area contributed by atoms with Crippen LogP contribution in [0.1, 0.15) is 53.4 Å². The topological polar surface area (TPSA) is 3.24 Å². The zero-order valence-electron chi connectivity index (χ0n) is 13.3. The summed E-state index contributed by atoms with van der Waals surface area (Å²) in [6.07, 6.45) is 5.34. The van der Waals surface area contributed by atoms with E-state index in [-0.39, 0.29) is 5.41 Å². The third kappa shape index (κ3) is 3.07. The molecule has 2 rings (SSSR count). The Balaban J connectivity index is 1.97. The molecule has 1 saturated carbocycles. The summed E-state index contributed by atoms with van der Waals surface area (Å²) in [5.41, 5.74) is 2.77. The lowest BCUT2D eigenvalue weighted by molar-refractivity contribution is 0.214. The van der Waals surface area contributed by atoms with Crippen LogP contribution in [0.15, 0.2) is 24.4 Å². The van der Waals surface area contributed by atoms with E-state index in [1.165, 1.54) is 43.6 Å². The number of fused-ring (bicyclic) bond motifs is 1. The van der Waals surface area contributed by atoms with Gasteiger partial charge in [-0.2, -0.15) is 0 Å². The number of rotatable bonds is 4. The smallest absolute Gasteiger partial charge is 0.0209 e. The van der Waals surface area contributed by atoms with Crippen molar-refractivity contribution < 1.29 is 0 Å². The number of hydrogen-bond acceptors (Lipinski definition) is 1. The predicted octanol–water partition coefficient (Wildman–Crippen LogP) is 4.86. The summed E-state index contributed by atoms with van der Waals surface area (Å²) >= 11 is 0. The van der Waals surface area contributed by atoms with Crippen LogP contribution in [0.5, 0.6) is 0 Å². The van der Waals surface area contributed by atoms with Crippen LogP contribution in [0, 0.1) is 23.2 Å². The normalized spacial score (nSPS) is 31.2. The molecule has 1 aliphatic carbocycles. The molecule has 0 radical (unpaired) electrons. The van der Waals surface area contributed by atoms with Gasteiger partial charge in [-0.1, -0.05) is 52.3 Å². The lowest BCUT2D eigenvalue weighted by Gasteiger charge is -2.31. The molecule has 0 aromatic rings. The minimum atomic E-state index is 0.177. The van der Waals surface area contributed by atoms with Crippen molar-refractivity contribution in [3.63, 3.8) is 0 Å². The fourth-order valence-corrected chi connectivity index (χ4v) is 3.79. The van der Waals surface area contributed by atoms with E-state index in [1.54, 1.807) is 0 Å². The Morgan fingerprint density at radius 3 is 2.47 bits per heavy atom. The van der Waals surface area contributed by atoms with Crippen LogP contribution in [0.4, 0.5) is 0 Å². The van der Waals surface area contributed by atoms with E-state index in [2.05, 4.69) is 45.8 Å². The summed E-state index contributed by atoms with van der Waals surface area (Å²) in [7, 11) is 0. The van der Waals surface area contributed by atoms with E-state index >= 15 is 0 Å². The summed E-state index contributed by atoms with van der Waals surface area (Å²) in [5, 5.41) is 0. The molecule has 1 nitrogen and oxygen atoms in total. The average Bonchev–Trinajstić information content (AvgIpc) is 2.73. The van der Waals surface area contributed by atoms with Gasteiger partial charge in [-0.15, -0.1) is 0 Å². The first kappa shape index (κ1) is 14.7. The average molecular weight is 261 g/mol. The summed E-state index contributed by atoms with van der Waals surface area (Å²) in [4.78, 5) is 2.57. The third-order valence-electron chi connectivity index (χ3n) is 5.71. The minimum Gasteiger partial charge on any atom is -0.375 e. The Morgan fingerprint density at radius 1 is 1.21 bits per heavy atom. The summed E-state index contributed by atoms with van der Waals surface area (Å²) in [6, 6.07) is 0. The molecule has 1 heteroatoms. The van der Waals surface area contributed by atoms with Gasteiger partial charge in [0.05, 0.1) is 0 Å². The van der Waals surface area contributed by atoms with E-state index in [0.29, 0.717) is 0 Å². The van der Waals surface area contributed by atoms with Crippen molar-refractivity contribution in [1.29, 1.82) is 0 Å². The SMILES string of the molecule is C=C(CC(C)(C)C(=C)C)N1CC2CCC[C@H](C)C2C1.